The van der Waals surface area contributed by atoms with Crippen molar-refractivity contribution in [2.45, 2.75) is 13.0 Å². The number of hydrogen-bond acceptors (Lipinski definition) is 3. The summed E-state index contributed by atoms with van der Waals surface area (Å²) in [6, 6.07) is 5.30. The van der Waals surface area contributed by atoms with Gasteiger partial charge in [0.05, 0.1) is 7.11 Å². The molecule has 0 fully saturated rings. The molecule has 1 amide bonds. The Bertz CT molecular complexity index is 372. The van der Waals surface area contributed by atoms with Crippen molar-refractivity contribution < 1.29 is 9.53 Å². The average Bonchev–Trinajstić information content (AvgIpc) is 2.27. The molecule has 4 nitrogen and oxygen atoms in total. The number of nitrogens with two attached hydrogens (primary N) is 1. The van der Waals surface area contributed by atoms with Gasteiger partial charge in [-0.1, -0.05) is 17.7 Å². The lowest BCUT2D eigenvalue weighted by Gasteiger charge is -2.09. The molecule has 0 saturated carbocycles. The lowest BCUT2D eigenvalue weighted by atomic mass is 10.2. The predicted octanol–water partition coefficient (Wildman–Crippen LogP) is 1.74. The van der Waals surface area contributed by atoms with E-state index in [9.17, 15) is 4.79 Å². The fraction of sp³-hybridized carbons (Fsp3) is 0.364. The van der Waals surface area contributed by atoms with Crippen LogP contribution in [0.4, 0.5) is 0 Å². The van der Waals surface area contributed by atoms with E-state index >= 15 is 0 Å². The number of ether oxygens (including phenoxy) is 1. The summed E-state index contributed by atoms with van der Waals surface area (Å²) in [5.74, 6) is 0.597. The summed E-state index contributed by atoms with van der Waals surface area (Å²) in [7, 11) is 1.57. The van der Waals surface area contributed by atoms with Gasteiger partial charge in [0.1, 0.15) is 5.75 Å². The van der Waals surface area contributed by atoms with Crippen LogP contribution in [-0.4, -0.2) is 19.6 Å². The zero-order chi connectivity index (χ0) is 12.0. The Balaban J connectivity index is 0.00000256. The van der Waals surface area contributed by atoms with Crippen LogP contribution >= 0.6 is 24.0 Å². The van der Waals surface area contributed by atoms with E-state index < -0.39 is 0 Å². The summed E-state index contributed by atoms with van der Waals surface area (Å²) in [4.78, 5) is 11.2. The molecule has 0 aliphatic rings. The fourth-order valence-electron chi connectivity index (χ4n) is 1.28. The number of hydrogen-bond donors (Lipinski definition) is 2. The third-order valence-electron chi connectivity index (χ3n) is 2.10. The quantitative estimate of drug-likeness (QED) is 0.862. The van der Waals surface area contributed by atoms with Gasteiger partial charge in [-0.25, -0.2) is 0 Å². The van der Waals surface area contributed by atoms with Crippen molar-refractivity contribution in [2.24, 2.45) is 5.73 Å². The van der Waals surface area contributed by atoms with Gasteiger partial charge in [-0.15, -0.1) is 12.4 Å². The van der Waals surface area contributed by atoms with Crippen LogP contribution in [0.1, 0.15) is 12.0 Å². The van der Waals surface area contributed by atoms with Gasteiger partial charge in [-0.2, -0.15) is 0 Å². The van der Waals surface area contributed by atoms with Gasteiger partial charge in [0, 0.05) is 30.1 Å². The van der Waals surface area contributed by atoms with Gasteiger partial charge < -0.3 is 15.8 Å². The monoisotopic (exact) mass is 278 g/mol. The Labute approximate surface area is 112 Å². The first-order chi connectivity index (χ1) is 7.67. The fourth-order valence-corrected chi connectivity index (χ4v) is 1.44. The SMILES string of the molecule is COc1cc(Cl)ccc1CNC(=O)CCN.Cl. The molecule has 3 N–H and O–H groups in total. The van der Waals surface area contributed by atoms with Gasteiger partial charge in [-0.3, -0.25) is 4.79 Å². The van der Waals surface area contributed by atoms with Crippen molar-refractivity contribution in [1.82, 2.24) is 5.32 Å². The van der Waals surface area contributed by atoms with Crippen LogP contribution in [0.5, 0.6) is 5.75 Å². The molecule has 0 aromatic heterocycles. The van der Waals surface area contributed by atoms with Crippen LogP contribution in [0.3, 0.4) is 0 Å². The van der Waals surface area contributed by atoms with Crippen molar-refractivity contribution in [3.05, 3.63) is 28.8 Å². The second-order valence-corrected chi connectivity index (χ2v) is 3.71. The first kappa shape index (κ1) is 16.0. The average molecular weight is 279 g/mol. The van der Waals surface area contributed by atoms with E-state index in [1.165, 1.54) is 0 Å². The highest BCUT2D eigenvalue weighted by molar-refractivity contribution is 6.30. The number of halogens is 2. The number of benzene rings is 1. The number of methoxy groups -OCH3 is 1. The Kier molecular flexibility index (Phi) is 7.70. The number of carbonyl (C=O) groups excluding carboxylic acids is 1. The second kappa shape index (κ2) is 8.17. The van der Waals surface area contributed by atoms with Gasteiger partial charge in [0.15, 0.2) is 0 Å². The summed E-state index contributed by atoms with van der Waals surface area (Å²) < 4.78 is 5.16. The number of amides is 1. The minimum atomic E-state index is -0.0699. The molecule has 0 atom stereocenters. The van der Waals surface area contributed by atoms with Crippen LogP contribution in [0.25, 0.3) is 0 Å². The standard InChI is InChI=1S/C11H15ClN2O2.ClH/c1-16-10-6-9(12)3-2-8(10)7-14-11(15)4-5-13;/h2-3,6H,4-5,7,13H2,1H3,(H,14,15);1H. The van der Waals surface area contributed by atoms with E-state index in [2.05, 4.69) is 5.32 Å². The molecule has 0 unspecified atom stereocenters. The molecule has 96 valence electrons. The number of nitrogens with one attached hydrogen (secondary N) is 1. The van der Waals surface area contributed by atoms with Gasteiger partial charge in [0.2, 0.25) is 5.91 Å². The Morgan fingerprint density at radius 1 is 1.53 bits per heavy atom. The molecular formula is C11H16Cl2N2O2. The van der Waals surface area contributed by atoms with Crippen molar-refractivity contribution >= 4 is 29.9 Å². The topological polar surface area (TPSA) is 64.3 Å². The van der Waals surface area contributed by atoms with Gasteiger partial charge in [0.25, 0.3) is 0 Å². The van der Waals surface area contributed by atoms with Crippen LogP contribution in [0, 0.1) is 0 Å². The highest BCUT2D eigenvalue weighted by Gasteiger charge is 2.05. The van der Waals surface area contributed by atoms with E-state index in [1.807, 2.05) is 6.07 Å². The maximum atomic E-state index is 11.2. The van der Waals surface area contributed by atoms with Crippen LogP contribution in [0.2, 0.25) is 5.02 Å². The normalized spacial score (nSPS) is 9.35. The highest BCUT2D eigenvalue weighted by Crippen LogP contribution is 2.22. The van der Waals surface area contributed by atoms with Crippen molar-refractivity contribution in [2.75, 3.05) is 13.7 Å². The van der Waals surface area contributed by atoms with E-state index in [0.717, 1.165) is 5.56 Å². The molecule has 1 aromatic carbocycles. The minimum Gasteiger partial charge on any atom is -0.496 e. The Morgan fingerprint density at radius 3 is 2.82 bits per heavy atom. The first-order valence-electron chi connectivity index (χ1n) is 4.96. The number of rotatable bonds is 5. The van der Waals surface area contributed by atoms with Gasteiger partial charge in [-0.05, 0) is 12.1 Å². The smallest absolute Gasteiger partial charge is 0.221 e. The summed E-state index contributed by atoms with van der Waals surface area (Å²) in [5, 5.41) is 3.36. The zero-order valence-corrected chi connectivity index (χ0v) is 11.1. The Hall–Kier alpha value is -0.970. The molecule has 1 aromatic rings. The Morgan fingerprint density at radius 2 is 2.24 bits per heavy atom. The van der Waals surface area contributed by atoms with Crippen LogP contribution < -0.4 is 15.8 Å². The zero-order valence-electron chi connectivity index (χ0n) is 9.53. The molecular weight excluding hydrogens is 263 g/mol. The molecule has 0 aliphatic carbocycles. The van der Waals surface area contributed by atoms with Crippen LogP contribution in [-0.2, 0) is 11.3 Å². The van der Waals surface area contributed by atoms with Crippen molar-refractivity contribution in [3.8, 4) is 5.75 Å². The largest absolute Gasteiger partial charge is 0.496 e. The first-order valence-corrected chi connectivity index (χ1v) is 5.34. The summed E-state index contributed by atoms with van der Waals surface area (Å²) in [5.41, 5.74) is 6.16. The molecule has 0 radical (unpaired) electrons. The molecule has 1 rings (SSSR count). The summed E-state index contributed by atoms with van der Waals surface area (Å²) in [6.07, 6.45) is 0.329. The highest BCUT2D eigenvalue weighted by atomic mass is 35.5. The lowest BCUT2D eigenvalue weighted by molar-refractivity contribution is -0.121. The molecule has 0 heterocycles. The molecule has 17 heavy (non-hydrogen) atoms. The second-order valence-electron chi connectivity index (χ2n) is 3.27. The summed E-state index contributed by atoms with van der Waals surface area (Å²) in [6.45, 7) is 0.767. The van der Waals surface area contributed by atoms with E-state index in [1.54, 1.807) is 19.2 Å². The third kappa shape index (κ3) is 5.26. The van der Waals surface area contributed by atoms with Crippen LogP contribution in [0.15, 0.2) is 18.2 Å². The molecule has 0 saturated heterocycles. The lowest BCUT2D eigenvalue weighted by Crippen LogP contribution is -2.25. The summed E-state index contributed by atoms with van der Waals surface area (Å²) >= 11 is 5.82. The van der Waals surface area contributed by atoms with E-state index in [0.29, 0.717) is 30.3 Å². The molecule has 0 aliphatic heterocycles. The molecule has 0 bridgehead atoms. The third-order valence-corrected chi connectivity index (χ3v) is 2.33. The van der Waals surface area contributed by atoms with Crippen molar-refractivity contribution in [3.63, 3.8) is 0 Å². The maximum absolute atomic E-state index is 11.2. The maximum Gasteiger partial charge on any atom is 0.221 e. The van der Waals surface area contributed by atoms with E-state index in [4.69, 9.17) is 22.1 Å². The van der Waals surface area contributed by atoms with E-state index in [-0.39, 0.29) is 18.3 Å². The van der Waals surface area contributed by atoms with Gasteiger partial charge >= 0.3 is 0 Å². The van der Waals surface area contributed by atoms with Crippen molar-refractivity contribution in [1.29, 1.82) is 0 Å². The molecule has 0 spiro atoms. The minimum absolute atomic E-state index is 0. The molecule has 6 heteroatoms. The number of carbonyl (C=O) groups is 1. The predicted molar refractivity (Wildman–Crippen MR) is 70.8 cm³/mol.